The Bertz CT molecular complexity index is 2020. The average Bonchev–Trinajstić information content (AvgIpc) is 3.42. The number of carbonyl (C=O) groups excluding carboxylic acids is 4. The summed E-state index contributed by atoms with van der Waals surface area (Å²) in [5.74, 6) is -1.73. The first-order chi connectivity index (χ1) is 23.3. The third kappa shape index (κ3) is 8.82. The summed E-state index contributed by atoms with van der Waals surface area (Å²) in [7, 11) is 0. The summed E-state index contributed by atoms with van der Waals surface area (Å²) >= 11 is 2.27. The van der Waals surface area contributed by atoms with Crippen LogP contribution in [-0.4, -0.2) is 34.4 Å². The van der Waals surface area contributed by atoms with Gasteiger partial charge in [-0.1, -0.05) is 48.5 Å². The van der Waals surface area contributed by atoms with Gasteiger partial charge in [0.25, 0.3) is 17.7 Å². The smallest absolute Gasteiger partial charge is 0.272 e. The van der Waals surface area contributed by atoms with Crippen molar-refractivity contribution in [3.63, 3.8) is 0 Å². The number of thiophene rings is 1. The van der Waals surface area contributed by atoms with Crippen molar-refractivity contribution in [1.29, 1.82) is 5.26 Å². The predicted octanol–water partition coefficient (Wildman–Crippen LogP) is 6.72. The van der Waals surface area contributed by atoms with Gasteiger partial charge in [0, 0.05) is 34.2 Å². The molecule has 238 valence electrons. The number of amides is 4. The number of para-hydroxylation sites is 1. The van der Waals surface area contributed by atoms with Gasteiger partial charge in [0.05, 0.1) is 16.2 Å². The van der Waals surface area contributed by atoms with E-state index >= 15 is 0 Å². The number of hydrogen-bond donors (Lipinski definition) is 4. The standard InChI is InChI=1S/C36H28N6O4S2/c1-23-29(20-37)36(48-32(23)35(46)39-26-13-6-3-7-14-26)42-31(43)22-47-28-16-8-15-27(19-28)40-34(45)30(18-24-10-9-17-38-21-24)41-33(44)25-11-4-2-5-12-25/h2-19,21H,22H2,1H3,(H,39,46)(H,40,45)(H,41,44)(H,42,43)/b30-18-. The minimum Gasteiger partial charge on any atom is -0.321 e. The van der Waals surface area contributed by atoms with Crippen molar-refractivity contribution < 1.29 is 19.2 Å². The first-order valence-electron chi connectivity index (χ1n) is 14.5. The van der Waals surface area contributed by atoms with Crippen molar-refractivity contribution in [2.45, 2.75) is 11.8 Å². The topological polar surface area (TPSA) is 153 Å². The lowest BCUT2D eigenvalue weighted by atomic mass is 10.1. The predicted molar refractivity (Wildman–Crippen MR) is 189 cm³/mol. The zero-order chi connectivity index (χ0) is 33.9. The van der Waals surface area contributed by atoms with E-state index in [1.165, 1.54) is 17.8 Å². The minimum atomic E-state index is -0.549. The van der Waals surface area contributed by atoms with Gasteiger partial charge in [-0.05, 0) is 72.7 Å². The summed E-state index contributed by atoms with van der Waals surface area (Å²) < 4.78 is 0. The molecule has 0 saturated carbocycles. The molecule has 2 aromatic heterocycles. The number of carbonyl (C=O) groups is 4. The number of anilines is 3. The highest BCUT2D eigenvalue weighted by atomic mass is 32.2. The number of pyridine rings is 1. The quantitative estimate of drug-likeness (QED) is 0.0898. The summed E-state index contributed by atoms with van der Waals surface area (Å²) in [4.78, 5) is 57.2. The fraction of sp³-hybridized carbons (Fsp3) is 0.0556. The molecule has 0 aliphatic heterocycles. The molecule has 2 heterocycles. The van der Waals surface area contributed by atoms with Gasteiger partial charge in [-0.2, -0.15) is 5.26 Å². The second kappa shape index (κ2) is 16.0. The lowest BCUT2D eigenvalue weighted by Crippen LogP contribution is -2.30. The number of nitriles is 1. The molecular weight excluding hydrogens is 645 g/mol. The molecule has 48 heavy (non-hydrogen) atoms. The normalized spacial score (nSPS) is 10.8. The molecule has 3 aromatic carbocycles. The van der Waals surface area contributed by atoms with Crippen LogP contribution >= 0.6 is 23.1 Å². The molecule has 0 spiro atoms. The van der Waals surface area contributed by atoms with E-state index in [1.807, 2.05) is 6.07 Å². The monoisotopic (exact) mass is 672 g/mol. The van der Waals surface area contributed by atoms with Gasteiger partial charge in [-0.25, -0.2) is 0 Å². The van der Waals surface area contributed by atoms with E-state index in [9.17, 15) is 24.4 Å². The molecule has 0 saturated heterocycles. The maximum absolute atomic E-state index is 13.4. The summed E-state index contributed by atoms with van der Waals surface area (Å²) in [5.41, 5.74) is 2.82. The van der Waals surface area contributed by atoms with Crippen LogP contribution in [0.4, 0.5) is 16.4 Å². The Morgan fingerprint density at radius 1 is 0.854 bits per heavy atom. The molecule has 0 unspecified atom stereocenters. The molecule has 0 bridgehead atoms. The molecular formula is C36H28N6O4S2. The van der Waals surface area contributed by atoms with Crippen molar-refractivity contribution in [1.82, 2.24) is 10.3 Å². The molecule has 0 aliphatic rings. The zero-order valence-corrected chi connectivity index (χ0v) is 27.2. The van der Waals surface area contributed by atoms with Crippen molar-refractivity contribution >= 4 is 69.2 Å². The van der Waals surface area contributed by atoms with E-state index < -0.39 is 11.8 Å². The summed E-state index contributed by atoms with van der Waals surface area (Å²) in [6.45, 7) is 1.67. The van der Waals surface area contributed by atoms with E-state index in [4.69, 9.17) is 0 Å². The Balaban J connectivity index is 1.23. The fourth-order valence-electron chi connectivity index (χ4n) is 4.41. The Hall–Kier alpha value is -6.03. The van der Waals surface area contributed by atoms with Crippen molar-refractivity contribution in [3.05, 3.63) is 142 Å². The molecule has 0 atom stereocenters. The summed E-state index contributed by atoms with van der Waals surface area (Å²) in [6, 6.07) is 30.0. The molecule has 5 rings (SSSR count). The molecule has 12 heteroatoms. The van der Waals surface area contributed by atoms with Gasteiger partial charge in [0.2, 0.25) is 5.91 Å². The second-order valence-electron chi connectivity index (χ2n) is 10.2. The third-order valence-corrected chi connectivity index (χ3v) is 8.94. The molecule has 0 aliphatic carbocycles. The van der Waals surface area contributed by atoms with Crippen LogP contribution in [0.15, 0.2) is 120 Å². The highest BCUT2D eigenvalue weighted by molar-refractivity contribution is 8.00. The van der Waals surface area contributed by atoms with Gasteiger partial charge in [-0.15, -0.1) is 23.1 Å². The van der Waals surface area contributed by atoms with Crippen LogP contribution < -0.4 is 21.3 Å². The Morgan fingerprint density at radius 2 is 1.58 bits per heavy atom. The number of nitrogens with zero attached hydrogens (tertiary/aromatic N) is 2. The molecule has 0 radical (unpaired) electrons. The molecule has 4 amide bonds. The van der Waals surface area contributed by atoms with Crippen LogP contribution in [0.25, 0.3) is 6.08 Å². The number of benzene rings is 3. The van der Waals surface area contributed by atoms with E-state index in [2.05, 4.69) is 32.3 Å². The van der Waals surface area contributed by atoms with Gasteiger partial charge in [0.1, 0.15) is 16.8 Å². The molecule has 10 nitrogen and oxygen atoms in total. The van der Waals surface area contributed by atoms with Gasteiger partial charge >= 0.3 is 0 Å². The van der Waals surface area contributed by atoms with E-state index in [0.717, 1.165) is 11.3 Å². The van der Waals surface area contributed by atoms with Crippen LogP contribution in [0, 0.1) is 18.3 Å². The Labute approximate surface area is 284 Å². The fourth-order valence-corrected chi connectivity index (χ4v) is 6.23. The number of rotatable bonds is 11. The van der Waals surface area contributed by atoms with E-state index in [0.29, 0.717) is 42.8 Å². The van der Waals surface area contributed by atoms with Gasteiger partial charge in [0.15, 0.2) is 0 Å². The summed E-state index contributed by atoms with van der Waals surface area (Å²) in [5, 5.41) is 21.1. The van der Waals surface area contributed by atoms with Crippen molar-refractivity contribution in [2.75, 3.05) is 21.7 Å². The molecule has 5 aromatic rings. The van der Waals surface area contributed by atoms with Crippen LogP contribution in [0.1, 0.15) is 36.7 Å². The minimum absolute atomic E-state index is 0.00402. The molecule has 4 N–H and O–H groups in total. The van der Waals surface area contributed by atoms with Crippen LogP contribution in [0.3, 0.4) is 0 Å². The highest BCUT2D eigenvalue weighted by Gasteiger charge is 2.22. The maximum atomic E-state index is 13.4. The van der Waals surface area contributed by atoms with Crippen molar-refractivity contribution in [3.8, 4) is 6.07 Å². The maximum Gasteiger partial charge on any atom is 0.272 e. The number of nitrogens with one attached hydrogen (secondary N) is 4. The Kier molecular flexibility index (Phi) is 11.1. The first kappa shape index (κ1) is 33.3. The first-order valence-corrected chi connectivity index (χ1v) is 16.3. The average molecular weight is 673 g/mol. The van der Waals surface area contributed by atoms with Gasteiger partial charge < -0.3 is 21.3 Å². The SMILES string of the molecule is Cc1c(C(=O)Nc2ccccc2)sc(NC(=O)CSc2cccc(NC(=O)/C(=C/c3cccnc3)NC(=O)c3ccccc3)c2)c1C#N. The number of thioether (sulfide) groups is 1. The van der Waals surface area contributed by atoms with Crippen LogP contribution in [0.5, 0.6) is 0 Å². The zero-order valence-electron chi connectivity index (χ0n) is 25.5. The summed E-state index contributed by atoms with van der Waals surface area (Å²) in [6.07, 6.45) is 4.71. The highest BCUT2D eigenvalue weighted by Crippen LogP contribution is 2.33. The second-order valence-corrected chi connectivity index (χ2v) is 12.2. The molecule has 0 fully saturated rings. The van der Waals surface area contributed by atoms with E-state index in [-0.39, 0.29) is 28.8 Å². The lowest BCUT2D eigenvalue weighted by Gasteiger charge is -2.12. The van der Waals surface area contributed by atoms with E-state index in [1.54, 1.807) is 110 Å². The van der Waals surface area contributed by atoms with Crippen LogP contribution in [-0.2, 0) is 9.59 Å². The number of hydrogen-bond acceptors (Lipinski definition) is 8. The largest absolute Gasteiger partial charge is 0.321 e. The third-order valence-electron chi connectivity index (χ3n) is 6.74. The van der Waals surface area contributed by atoms with Crippen LogP contribution in [0.2, 0.25) is 0 Å². The van der Waals surface area contributed by atoms with Crippen molar-refractivity contribution in [2.24, 2.45) is 0 Å². The van der Waals surface area contributed by atoms with Gasteiger partial charge in [-0.3, -0.25) is 24.2 Å². The lowest BCUT2D eigenvalue weighted by molar-refractivity contribution is -0.114. The Morgan fingerprint density at radius 3 is 2.29 bits per heavy atom. The number of aromatic nitrogens is 1.